The number of carboxylic acid groups (broad SMARTS) is 1. The highest BCUT2D eigenvalue weighted by molar-refractivity contribution is 6.31. The van der Waals surface area contributed by atoms with E-state index in [1.807, 2.05) is 0 Å². The van der Waals surface area contributed by atoms with Crippen molar-refractivity contribution in [3.8, 4) is 0 Å². The highest BCUT2D eigenvalue weighted by Crippen LogP contribution is 2.24. The summed E-state index contributed by atoms with van der Waals surface area (Å²) in [6.45, 7) is 0. The summed E-state index contributed by atoms with van der Waals surface area (Å²) < 4.78 is 0. The van der Waals surface area contributed by atoms with Crippen LogP contribution in [0.5, 0.6) is 0 Å². The smallest absolute Gasteiger partial charge is 0.337 e. The molecule has 0 aromatic heterocycles. The molecule has 1 aliphatic carbocycles. The van der Waals surface area contributed by atoms with Crippen LogP contribution in [0.4, 0.5) is 10.5 Å². The van der Waals surface area contributed by atoms with Gasteiger partial charge in [0.2, 0.25) is 0 Å². The van der Waals surface area contributed by atoms with Crippen LogP contribution >= 0.6 is 11.6 Å². The molecule has 2 N–H and O–H groups in total. The molecule has 1 aromatic rings. The number of carboxylic acids is 1. The summed E-state index contributed by atoms with van der Waals surface area (Å²) in [6.07, 6.45) is 4.25. The van der Waals surface area contributed by atoms with Gasteiger partial charge in [-0.2, -0.15) is 0 Å². The van der Waals surface area contributed by atoms with Crippen LogP contribution in [0.3, 0.4) is 0 Å². The standard InChI is InChI=1S/C14H17ClN2O3/c1-17(10-4-2-3-5-10)14(20)16-12-7-6-9(15)8-11(12)13(18)19/h6-8,10H,2-5H2,1H3,(H,16,20)(H,18,19). The van der Waals surface area contributed by atoms with E-state index in [2.05, 4.69) is 5.32 Å². The number of carbonyl (C=O) groups excluding carboxylic acids is 1. The molecule has 108 valence electrons. The maximum Gasteiger partial charge on any atom is 0.337 e. The van der Waals surface area contributed by atoms with Gasteiger partial charge < -0.3 is 15.3 Å². The quantitative estimate of drug-likeness (QED) is 0.897. The van der Waals surface area contributed by atoms with Crippen molar-refractivity contribution in [2.45, 2.75) is 31.7 Å². The predicted octanol–water partition coefficient (Wildman–Crippen LogP) is 3.44. The molecule has 2 amide bonds. The van der Waals surface area contributed by atoms with Gasteiger partial charge in [-0.3, -0.25) is 0 Å². The fraction of sp³-hybridized carbons (Fsp3) is 0.429. The van der Waals surface area contributed by atoms with Crippen molar-refractivity contribution in [3.05, 3.63) is 28.8 Å². The van der Waals surface area contributed by atoms with Crippen LogP contribution in [0, 0.1) is 0 Å². The second-order valence-corrected chi connectivity index (χ2v) is 5.41. The first-order valence-corrected chi connectivity index (χ1v) is 6.93. The average Bonchev–Trinajstić information content (AvgIpc) is 2.93. The monoisotopic (exact) mass is 296 g/mol. The highest BCUT2D eigenvalue weighted by atomic mass is 35.5. The van der Waals surface area contributed by atoms with Gasteiger partial charge in [0.15, 0.2) is 0 Å². The molecule has 0 heterocycles. The third kappa shape index (κ3) is 3.22. The molecule has 1 saturated carbocycles. The van der Waals surface area contributed by atoms with Crippen LogP contribution in [0.1, 0.15) is 36.0 Å². The normalized spacial score (nSPS) is 15.1. The lowest BCUT2D eigenvalue weighted by atomic mass is 10.2. The van der Waals surface area contributed by atoms with Crippen LogP contribution in [0.15, 0.2) is 18.2 Å². The second-order valence-electron chi connectivity index (χ2n) is 4.97. The molecule has 20 heavy (non-hydrogen) atoms. The van der Waals surface area contributed by atoms with E-state index in [9.17, 15) is 9.59 Å². The lowest BCUT2D eigenvalue weighted by molar-refractivity contribution is 0.0698. The van der Waals surface area contributed by atoms with Crippen LogP contribution in [-0.2, 0) is 0 Å². The Kier molecular flexibility index (Phi) is 4.49. The molecule has 0 aliphatic heterocycles. The average molecular weight is 297 g/mol. The number of halogens is 1. The molecule has 0 atom stereocenters. The number of aromatic carboxylic acids is 1. The van der Waals surface area contributed by atoms with Crippen molar-refractivity contribution in [3.63, 3.8) is 0 Å². The number of carbonyl (C=O) groups is 2. The predicted molar refractivity (Wildman–Crippen MR) is 77.4 cm³/mol. The second kappa shape index (κ2) is 6.13. The van der Waals surface area contributed by atoms with Crippen molar-refractivity contribution < 1.29 is 14.7 Å². The SMILES string of the molecule is CN(C(=O)Nc1ccc(Cl)cc1C(=O)O)C1CCCC1. The van der Waals surface area contributed by atoms with Gasteiger partial charge in [0.1, 0.15) is 0 Å². The van der Waals surface area contributed by atoms with Crippen molar-refractivity contribution in [2.24, 2.45) is 0 Å². The van der Waals surface area contributed by atoms with Crippen LogP contribution in [0.25, 0.3) is 0 Å². The highest BCUT2D eigenvalue weighted by Gasteiger charge is 2.24. The summed E-state index contributed by atoms with van der Waals surface area (Å²) in [7, 11) is 1.74. The summed E-state index contributed by atoms with van der Waals surface area (Å²) in [4.78, 5) is 25.0. The van der Waals surface area contributed by atoms with E-state index in [1.165, 1.54) is 12.1 Å². The van der Waals surface area contributed by atoms with E-state index in [0.717, 1.165) is 25.7 Å². The molecule has 1 fully saturated rings. The topological polar surface area (TPSA) is 69.6 Å². The number of hydrogen-bond acceptors (Lipinski definition) is 2. The van der Waals surface area contributed by atoms with E-state index < -0.39 is 5.97 Å². The molecule has 1 aromatic carbocycles. The summed E-state index contributed by atoms with van der Waals surface area (Å²) in [5, 5.41) is 12.1. The number of amides is 2. The Morgan fingerprint density at radius 2 is 2.00 bits per heavy atom. The van der Waals surface area contributed by atoms with E-state index in [-0.39, 0.29) is 23.3 Å². The van der Waals surface area contributed by atoms with Gasteiger partial charge in [-0.15, -0.1) is 0 Å². The van der Waals surface area contributed by atoms with Crippen molar-refractivity contribution in [1.82, 2.24) is 4.90 Å². The number of nitrogens with one attached hydrogen (secondary N) is 1. The Balaban J connectivity index is 2.12. The van der Waals surface area contributed by atoms with Crippen molar-refractivity contribution >= 4 is 29.3 Å². The third-order valence-electron chi connectivity index (χ3n) is 3.65. The number of benzene rings is 1. The molecular formula is C14H17ClN2O3. The van der Waals surface area contributed by atoms with Gasteiger partial charge in [0.25, 0.3) is 0 Å². The number of nitrogens with zero attached hydrogens (tertiary/aromatic N) is 1. The first kappa shape index (κ1) is 14.7. The Labute approximate surface area is 122 Å². The lowest BCUT2D eigenvalue weighted by Gasteiger charge is -2.24. The number of urea groups is 1. The molecule has 0 spiro atoms. The van der Waals surface area contributed by atoms with Crippen LogP contribution in [0.2, 0.25) is 5.02 Å². The Morgan fingerprint density at radius 1 is 1.35 bits per heavy atom. The molecule has 0 saturated heterocycles. The summed E-state index contributed by atoms with van der Waals surface area (Å²) in [5.41, 5.74) is 0.252. The fourth-order valence-electron chi connectivity index (χ4n) is 2.46. The van der Waals surface area contributed by atoms with Gasteiger partial charge >= 0.3 is 12.0 Å². The maximum absolute atomic E-state index is 12.1. The van der Waals surface area contributed by atoms with E-state index >= 15 is 0 Å². The minimum absolute atomic E-state index is 0.00864. The number of rotatable bonds is 3. The van der Waals surface area contributed by atoms with Gasteiger partial charge in [-0.1, -0.05) is 24.4 Å². The van der Waals surface area contributed by atoms with Crippen molar-refractivity contribution in [1.29, 1.82) is 0 Å². The maximum atomic E-state index is 12.1. The minimum Gasteiger partial charge on any atom is -0.478 e. The third-order valence-corrected chi connectivity index (χ3v) is 3.88. The first-order chi connectivity index (χ1) is 9.49. The Bertz CT molecular complexity index is 527. The van der Waals surface area contributed by atoms with E-state index in [4.69, 9.17) is 16.7 Å². The minimum atomic E-state index is -1.12. The largest absolute Gasteiger partial charge is 0.478 e. The number of hydrogen-bond donors (Lipinski definition) is 2. The Hall–Kier alpha value is -1.75. The van der Waals surface area contributed by atoms with Gasteiger partial charge in [-0.25, -0.2) is 9.59 Å². The molecule has 2 rings (SSSR count). The van der Waals surface area contributed by atoms with Crippen LogP contribution in [-0.4, -0.2) is 35.1 Å². The van der Waals surface area contributed by atoms with Crippen LogP contribution < -0.4 is 5.32 Å². The van der Waals surface area contributed by atoms with Gasteiger partial charge in [-0.05, 0) is 31.0 Å². The molecule has 0 unspecified atom stereocenters. The molecule has 5 nitrogen and oxygen atoms in total. The lowest BCUT2D eigenvalue weighted by Crippen LogP contribution is -2.38. The van der Waals surface area contributed by atoms with Crippen molar-refractivity contribution in [2.75, 3.05) is 12.4 Å². The zero-order chi connectivity index (χ0) is 14.7. The molecule has 0 bridgehead atoms. The zero-order valence-corrected chi connectivity index (χ0v) is 12.0. The molecule has 0 radical (unpaired) electrons. The van der Waals surface area contributed by atoms with E-state index in [0.29, 0.717) is 5.02 Å². The molecule has 6 heteroatoms. The van der Waals surface area contributed by atoms with Gasteiger partial charge in [0.05, 0.1) is 11.3 Å². The Morgan fingerprint density at radius 3 is 2.60 bits per heavy atom. The summed E-state index contributed by atoms with van der Waals surface area (Å²) in [6, 6.07) is 4.33. The summed E-state index contributed by atoms with van der Waals surface area (Å²) >= 11 is 5.78. The summed E-state index contributed by atoms with van der Waals surface area (Å²) in [5.74, 6) is -1.12. The first-order valence-electron chi connectivity index (χ1n) is 6.55. The molecule has 1 aliphatic rings. The fourth-order valence-corrected chi connectivity index (χ4v) is 2.64. The molecular weight excluding hydrogens is 280 g/mol. The number of anilines is 1. The van der Waals surface area contributed by atoms with Gasteiger partial charge in [0, 0.05) is 18.1 Å². The van der Waals surface area contributed by atoms with E-state index in [1.54, 1.807) is 18.0 Å². The zero-order valence-electron chi connectivity index (χ0n) is 11.2.